The molecule has 1 N–H and O–H groups in total. The van der Waals surface area contributed by atoms with Crippen LogP contribution in [0.15, 0.2) is 0 Å². The van der Waals surface area contributed by atoms with E-state index in [-0.39, 0.29) is 11.3 Å². The van der Waals surface area contributed by atoms with E-state index in [2.05, 4.69) is 17.7 Å². The Hall–Kier alpha value is -0.500. The van der Waals surface area contributed by atoms with Gasteiger partial charge in [0.05, 0.1) is 12.1 Å². The lowest BCUT2D eigenvalue weighted by Crippen LogP contribution is -2.53. The summed E-state index contributed by atoms with van der Waals surface area (Å²) in [4.78, 5) is 15.8. The first-order valence-electron chi connectivity index (χ1n) is 13.6. The first-order chi connectivity index (χ1) is 16.0. The van der Waals surface area contributed by atoms with Gasteiger partial charge in [-0.2, -0.15) is 0 Å². The average Bonchev–Trinajstić information content (AvgIpc) is 3.16. The molecule has 1 saturated heterocycles. The van der Waals surface area contributed by atoms with Gasteiger partial charge in [-0.15, -0.1) is 0 Å². The van der Waals surface area contributed by atoms with Crippen LogP contribution in [0.25, 0.3) is 0 Å². The zero-order valence-electron chi connectivity index (χ0n) is 21.2. The van der Waals surface area contributed by atoms with Crippen LogP contribution < -0.4 is 0 Å². The van der Waals surface area contributed by atoms with E-state index in [1.165, 1.54) is 19.3 Å². The molecule has 1 heterocycles. The van der Waals surface area contributed by atoms with Crippen molar-refractivity contribution in [1.82, 2.24) is 9.21 Å². The monoisotopic (exact) mass is 496 g/mol. The number of hydrogen-bond acceptors (Lipinski definition) is 4. The quantitative estimate of drug-likeness (QED) is 0.593. The number of piperazine rings is 1. The summed E-state index contributed by atoms with van der Waals surface area (Å²) in [6.07, 6.45) is 10.8. The van der Waals surface area contributed by atoms with Gasteiger partial charge in [-0.05, 0) is 98.7 Å². The second-order valence-corrected chi connectivity index (χ2v) is 15.3. The summed E-state index contributed by atoms with van der Waals surface area (Å²) < 4.78 is 27.6. The Kier molecular flexibility index (Phi) is 6.74. The van der Waals surface area contributed by atoms with Crippen LogP contribution in [0, 0.1) is 40.9 Å². The second-order valence-electron chi connectivity index (χ2n) is 12.8. The zero-order valence-corrected chi connectivity index (χ0v) is 22.0. The number of Topliss-reactive ketones (excluding diaryl/α,β-unsaturated/α-hetero) is 1. The van der Waals surface area contributed by atoms with Crippen LogP contribution in [0.2, 0.25) is 0 Å². The van der Waals surface area contributed by atoms with Crippen LogP contribution in [0.5, 0.6) is 0 Å². The number of carbonyl (C=O) groups excluding carboxylic acids is 1. The zero-order chi connectivity index (χ0) is 24.3. The summed E-state index contributed by atoms with van der Waals surface area (Å²) in [6, 6.07) is 0. The third-order valence-corrected chi connectivity index (χ3v) is 12.5. The van der Waals surface area contributed by atoms with E-state index in [4.69, 9.17) is 0 Å². The molecule has 0 aromatic carbocycles. The number of alkyl halides is 1. The standard InChI is InChI=1S/C27H45FN2O3S/c1-26-10-8-21-20-9-11-27(32,18-28)16-19(20)4-5-22(21)23(26)6-7-24(26)25(31)17-29-12-14-30(15-13-29)34(2,3)33/h19-24,32H,2,4-18H2,1,3H3/t19-,20+,21-,22-,23+,24-,26+,27-,34?/m1/s1. The predicted molar refractivity (Wildman–Crippen MR) is 136 cm³/mol. The molecule has 0 radical (unpaired) electrons. The molecule has 0 amide bonds. The summed E-state index contributed by atoms with van der Waals surface area (Å²) in [5.41, 5.74) is -0.957. The predicted octanol–water partition coefficient (Wildman–Crippen LogP) is 3.40. The fourth-order valence-corrected chi connectivity index (χ4v) is 10.2. The molecule has 0 bridgehead atoms. The van der Waals surface area contributed by atoms with Crippen molar-refractivity contribution in [2.45, 2.75) is 70.3 Å². The Morgan fingerprint density at radius 3 is 2.41 bits per heavy atom. The number of rotatable bonds is 5. The molecule has 5 rings (SSSR count). The van der Waals surface area contributed by atoms with Crippen LogP contribution in [0.3, 0.4) is 0 Å². The maximum absolute atomic E-state index is 13.6. The Morgan fingerprint density at radius 1 is 1.03 bits per heavy atom. The highest BCUT2D eigenvalue weighted by molar-refractivity contribution is 7.97. The number of aliphatic hydroxyl groups is 1. The summed E-state index contributed by atoms with van der Waals surface area (Å²) in [6.45, 7) is 5.36. The van der Waals surface area contributed by atoms with Crippen molar-refractivity contribution in [2.24, 2.45) is 40.9 Å². The third kappa shape index (κ3) is 4.41. The Bertz CT molecular complexity index is 888. The first kappa shape index (κ1) is 25.2. The van der Waals surface area contributed by atoms with Crippen molar-refractivity contribution in [3.05, 3.63) is 0 Å². The smallest absolute Gasteiger partial charge is 0.150 e. The molecule has 5 nitrogen and oxygen atoms in total. The van der Waals surface area contributed by atoms with Gasteiger partial charge in [0.15, 0.2) is 0 Å². The van der Waals surface area contributed by atoms with Gasteiger partial charge in [-0.1, -0.05) is 6.92 Å². The molecule has 194 valence electrons. The van der Waals surface area contributed by atoms with Gasteiger partial charge in [0, 0.05) is 48.1 Å². The van der Waals surface area contributed by atoms with Crippen molar-refractivity contribution in [1.29, 1.82) is 0 Å². The molecule has 5 fully saturated rings. The minimum atomic E-state index is -2.16. The van der Waals surface area contributed by atoms with E-state index >= 15 is 0 Å². The van der Waals surface area contributed by atoms with E-state index in [1.54, 1.807) is 6.26 Å². The molecular formula is C27H45FN2O3S. The highest BCUT2D eigenvalue weighted by Gasteiger charge is 2.59. The van der Waals surface area contributed by atoms with Crippen molar-refractivity contribution in [3.63, 3.8) is 0 Å². The molecule has 5 aliphatic rings. The van der Waals surface area contributed by atoms with E-state index < -0.39 is 22.0 Å². The highest BCUT2D eigenvalue weighted by atomic mass is 32.2. The maximum atomic E-state index is 13.6. The number of hydrogen-bond donors (Lipinski definition) is 1. The lowest BCUT2D eigenvalue weighted by Gasteiger charge is -2.57. The Balaban J connectivity index is 1.21. The number of fused-ring (bicyclic) bond motifs is 5. The fourth-order valence-electron chi connectivity index (χ4n) is 9.22. The van der Waals surface area contributed by atoms with Crippen molar-refractivity contribution in [2.75, 3.05) is 45.7 Å². The van der Waals surface area contributed by atoms with Gasteiger partial charge in [-0.25, -0.2) is 8.70 Å². The van der Waals surface area contributed by atoms with Gasteiger partial charge in [0.2, 0.25) is 0 Å². The van der Waals surface area contributed by atoms with Crippen LogP contribution >= 0.6 is 0 Å². The Morgan fingerprint density at radius 2 is 1.74 bits per heavy atom. The van der Waals surface area contributed by atoms with E-state index in [0.717, 1.165) is 51.9 Å². The van der Waals surface area contributed by atoms with E-state index in [0.29, 0.717) is 54.8 Å². The number of carbonyl (C=O) groups is 1. The molecule has 1 aliphatic heterocycles. The van der Waals surface area contributed by atoms with Gasteiger partial charge in [0.1, 0.15) is 12.5 Å². The molecule has 4 saturated carbocycles. The van der Waals surface area contributed by atoms with E-state index in [1.807, 2.05) is 4.31 Å². The van der Waals surface area contributed by atoms with Crippen molar-refractivity contribution in [3.8, 4) is 0 Å². The molecule has 4 aliphatic carbocycles. The summed E-state index contributed by atoms with van der Waals surface area (Å²) in [7, 11) is -2.16. The van der Waals surface area contributed by atoms with Gasteiger partial charge >= 0.3 is 0 Å². The normalized spacial score (nSPS) is 47.3. The molecule has 34 heavy (non-hydrogen) atoms. The summed E-state index contributed by atoms with van der Waals surface area (Å²) >= 11 is 0. The van der Waals surface area contributed by atoms with Gasteiger partial charge in [0.25, 0.3) is 0 Å². The fraction of sp³-hybridized carbons (Fsp3) is 0.926. The Labute approximate surface area is 206 Å². The largest absolute Gasteiger partial charge is 0.387 e. The average molecular weight is 497 g/mol. The summed E-state index contributed by atoms with van der Waals surface area (Å²) in [5.74, 6) is 7.55. The minimum Gasteiger partial charge on any atom is -0.387 e. The van der Waals surface area contributed by atoms with Gasteiger partial charge < -0.3 is 5.11 Å². The molecule has 0 aromatic rings. The highest BCUT2D eigenvalue weighted by Crippen LogP contribution is 2.64. The van der Waals surface area contributed by atoms with Crippen LogP contribution in [-0.2, 0) is 14.5 Å². The number of ketones is 1. The van der Waals surface area contributed by atoms with Crippen molar-refractivity contribution >= 4 is 21.4 Å². The van der Waals surface area contributed by atoms with Gasteiger partial charge in [-0.3, -0.25) is 13.9 Å². The maximum Gasteiger partial charge on any atom is 0.150 e. The number of nitrogens with zero attached hydrogens (tertiary/aromatic N) is 2. The molecular weight excluding hydrogens is 451 g/mol. The summed E-state index contributed by atoms with van der Waals surface area (Å²) in [5, 5.41) is 10.6. The SMILES string of the molecule is C=S(C)(=O)N1CCN(CC(=O)[C@H]2CC[C@H]3[C@@H]4CC[C@@H]5C[C@@](O)(CF)CC[C@@H]5[C@H]4CC[C@]23C)CC1. The molecule has 0 spiro atoms. The third-order valence-electron chi connectivity index (χ3n) is 11.0. The van der Waals surface area contributed by atoms with Crippen LogP contribution in [-0.4, -0.2) is 81.4 Å². The second kappa shape index (κ2) is 9.11. The first-order valence-corrected chi connectivity index (χ1v) is 15.7. The topological polar surface area (TPSA) is 60.9 Å². The van der Waals surface area contributed by atoms with E-state index in [9.17, 15) is 18.5 Å². The molecule has 1 unspecified atom stereocenters. The minimum absolute atomic E-state index is 0.117. The molecule has 0 aromatic heterocycles. The van der Waals surface area contributed by atoms with Crippen molar-refractivity contribution < 1.29 is 18.5 Å². The number of halogens is 1. The lowest BCUT2D eigenvalue weighted by atomic mass is 9.49. The lowest BCUT2D eigenvalue weighted by molar-refractivity contribution is -0.134. The van der Waals surface area contributed by atoms with Crippen LogP contribution in [0.1, 0.15) is 64.7 Å². The molecule has 9 atom stereocenters. The molecule has 7 heteroatoms. The van der Waals surface area contributed by atoms with Crippen LogP contribution in [0.4, 0.5) is 4.39 Å².